The van der Waals surface area contributed by atoms with Crippen LogP contribution in [0.2, 0.25) is 0 Å². The maximum atomic E-state index is 12.9. The number of pyridine rings is 1. The maximum Gasteiger partial charge on any atom is 0.251 e. The molecule has 0 fully saturated rings. The van der Waals surface area contributed by atoms with E-state index in [1.54, 1.807) is 6.07 Å². The lowest BCUT2D eigenvalue weighted by Crippen LogP contribution is -2.26. The highest BCUT2D eigenvalue weighted by molar-refractivity contribution is 5.94. The first kappa shape index (κ1) is 17.4. The van der Waals surface area contributed by atoms with Crippen LogP contribution in [0.4, 0.5) is 10.1 Å². The number of fused-ring (bicyclic) bond motifs is 1. The zero-order valence-corrected chi connectivity index (χ0v) is 14.0. The maximum absolute atomic E-state index is 12.9. The fourth-order valence-corrected chi connectivity index (χ4v) is 2.69. The Balaban J connectivity index is 1.82. The highest BCUT2D eigenvalue weighted by Crippen LogP contribution is 2.16. The summed E-state index contributed by atoms with van der Waals surface area (Å²) in [5, 5.41) is 12.7. The van der Waals surface area contributed by atoms with Crippen LogP contribution in [0.3, 0.4) is 0 Å². The van der Waals surface area contributed by atoms with Crippen LogP contribution in [-0.4, -0.2) is 10.9 Å². The largest absolute Gasteiger partial charge is 0.325 e. The third-order valence-corrected chi connectivity index (χ3v) is 4.09. The van der Waals surface area contributed by atoms with Gasteiger partial charge in [-0.25, -0.2) is 4.39 Å². The van der Waals surface area contributed by atoms with Gasteiger partial charge >= 0.3 is 0 Å². The summed E-state index contributed by atoms with van der Waals surface area (Å²) in [5.74, 6) is -2.00. The molecule has 26 heavy (non-hydrogen) atoms. The van der Waals surface area contributed by atoms with Gasteiger partial charge in [-0.2, -0.15) is 5.26 Å². The molecule has 0 aliphatic heterocycles. The number of amides is 1. The molecule has 1 atom stereocenters. The summed E-state index contributed by atoms with van der Waals surface area (Å²) < 4.78 is 12.9. The number of carbonyl (C=O) groups is 1. The minimum Gasteiger partial charge on any atom is -0.325 e. The number of nitriles is 1. The normalized spacial score (nSPS) is 11.7. The van der Waals surface area contributed by atoms with Crippen molar-refractivity contribution in [2.45, 2.75) is 13.3 Å². The highest BCUT2D eigenvalue weighted by atomic mass is 19.1. The molecule has 6 heteroatoms. The zero-order valence-electron chi connectivity index (χ0n) is 14.0. The fraction of sp³-hybridized carbons (Fsp3) is 0.150. The number of hydrogen-bond acceptors (Lipinski definition) is 3. The second-order valence-electron chi connectivity index (χ2n) is 6.10. The summed E-state index contributed by atoms with van der Waals surface area (Å²) in [5.41, 5.74) is 2.16. The molecule has 1 amide bonds. The molecule has 1 aromatic heterocycles. The average Bonchev–Trinajstić information content (AvgIpc) is 2.61. The lowest BCUT2D eigenvalue weighted by atomic mass is 9.99. The van der Waals surface area contributed by atoms with Crippen LogP contribution >= 0.6 is 0 Å². The molecule has 0 radical (unpaired) electrons. The summed E-state index contributed by atoms with van der Waals surface area (Å²) in [7, 11) is 0. The minimum absolute atomic E-state index is 0.0112. The first-order chi connectivity index (χ1) is 12.5. The highest BCUT2D eigenvalue weighted by Gasteiger charge is 2.20. The van der Waals surface area contributed by atoms with E-state index in [-0.39, 0.29) is 12.0 Å². The molecule has 0 aliphatic rings. The molecule has 3 rings (SSSR count). The number of aromatic amines is 1. The molecular formula is C20H16FN3O2. The van der Waals surface area contributed by atoms with Crippen molar-refractivity contribution in [2.75, 3.05) is 5.32 Å². The topological polar surface area (TPSA) is 85.8 Å². The molecule has 1 heterocycles. The van der Waals surface area contributed by atoms with Crippen molar-refractivity contribution < 1.29 is 9.18 Å². The minimum atomic E-state index is -1.04. The van der Waals surface area contributed by atoms with Crippen LogP contribution in [0.15, 0.2) is 53.3 Å². The van der Waals surface area contributed by atoms with Crippen molar-refractivity contribution in [1.82, 2.24) is 4.98 Å². The van der Waals surface area contributed by atoms with E-state index in [0.717, 1.165) is 10.9 Å². The Hall–Kier alpha value is -3.46. The average molecular weight is 349 g/mol. The van der Waals surface area contributed by atoms with E-state index < -0.39 is 17.6 Å². The van der Waals surface area contributed by atoms with Gasteiger partial charge in [-0.3, -0.25) is 9.59 Å². The van der Waals surface area contributed by atoms with Crippen LogP contribution in [0.1, 0.15) is 11.1 Å². The van der Waals surface area contributed by atoms with Gasteiger partial charge in [-0.05, 0) is 54.3 Å². The number of aryl methyl sites for hydroxylation is 1. The Labute approximate surface area is 149 Å². The lowest BCUT2D eigenvalue weighted by molar-refractivity contribution is -0.118. The molecule has 0 saturated carbocycles. The summed E-state index contributed by atoms with van der Waals surface area (Å²) in [6.45, 7) is 1.93. The van der Waals surface area contributed by atoms with Crippen LogP contribution in [-0.2, 0) is 11.2 Å². The van der Waals surface area contributed by atoms with Gasteiger partial charge in [-0.15, -0.1) is 0 Å². The van der Waals surface area contributed by atoms with Crippen LogP contribution in [0, 0.1) is 30.0 Å². The Morgan fingerprint density at radius 2 is 1.96 bits per heavy atom. The standard InChI is InChI=1S/C20H16FN3O2/c1-12-2-3-13-9-14(19(25)24-18(13)8-12)10-15(11-22)20(26)23-17-6-4-16(21)5-7-17/h2-9,15H,10H2,1H3,(H,23,26)(H,24,25). The third-order valence-electron chi connectivity index (χ3n) is 4.09. The van der Waals surface area contributed by atoms with Crippen LogP contribution < -0.4 is 10.9 Å². The molecule has 2 N–H and O–H groups in total. The monoisotopic (exact) mass is 349 g/mol. The Morgan fingerprint density at radius 1 is 1.23 bits per heavy atom. The zero-order chi connectivity index (χ0) is 18.7. The molecule has 0 spiro atoms. The van der Waals surface area contributed by atoms with Gasteiger partial charge in [0.05, 0.1) is 6.07 Å². The number of nitrogens with zero attached hydrogens (tertiary/aromatic N) is 1. The number of nitrogens with one attached hydrogen (secondary N) is 2. The number of aromatic nitrogens is 1. The van der Waals surface area contributed by atoms with Gasteiger partial charge in [0.15, 0.2) is 0 Å². The first-order valence-electron chi connectivity index (χ1n) is 8.05. The predicted octanol–water partition coefficient (Wildman–Crippen LogP) is 3.30. The molecular weight excluding hydrogens is 333 g/mol. The van der Waals surface area contributed by atoms with Crippen molar-refractivity contribution in [3.05, 3.63) is 75.8 Å². The summed E-state index contributed by atoms with van der Waals surface area (Å²) in [4.78, 5) is 27.4. The molecule has 1 unspecified atom stereocenters. The number of halogens is 1. The smallest absolute Gasteiger partial charge is 0.251 e. The Morgan fingerprint density at radius 3 is 2.65 bits per heavy atom. The molecule has 130 valence electrons. The van der Waals surface area contributed by atoms with Crippen molar-refractivity contribution in [3.8, 4) is 6.07 Å². The van der Waals surface area contributed by atoms with E-state index in [2.05, 4.69) is 10.3 Å². The van der Waals surface area contributed by atoms with Crippen LogP contribution in [0.25, 0.3) is 10.9 Å². The van der Waals surface area contributed by atoms with Crippen molar-refractivity contribution in [1.29, 1.82) is 5.26 Å². The van der Waals surface area contributed by atoms with Crippen LogP contribution in [0.5, 0.6) is 0 Å². The fourth-order valence-electron chi connectivity index (χ4n) is 2.69. The summed E-state index contributed by atoms with van der Waals surface area (Å²) in [6, 6.07) is 14.5. The van der Waals surface area contributed by atoms with Gasteiger partial charge in [-0.1, -0.05) is 12.1 Å². The van der Waals surface area contributed by atoms with E-state index in [1.807, 2.05) is 31.2 Å². The van der Waals surface area contributed by atoms with E-state index in [1.165, 1.54) is 24.3 Å². The summed E-state index contributed by atoms with van der Waals surface area (Å²) in [6.07, 6.45) is -0.0112. The van der Waals surface area contributed by atoms with E-state index in [9.17, 15) is 19.2 Å². The lowest BCUT2D eigenvalue weighted by Gasteiger charge is -2.11. The number of hydrogen-bond donors (Lipinski definition) is 2. The van der Waals surface area contributed by atoms with E-state index in [4.69, 9.17) is 0 Å². The van der Waals surface area contributed by atoms with Crippen molar-refractivity contribution in [3.63, 3.8) is 0 Å². The van der Waals surface area contributed by atoms with Gasteiger partial charge in [0.2, 0.25) is 5.91 Å². The quantitative estimate of drug-likeness (QED) is 0.758. The predicted molar refractivity (Wildman–Crippen MR) is 97.1 cm³/mol. The second kappa shape index (κ2) is 7.19. The molecule has 0 saturated heterocycles. The van der Waals surface area contributed by atoms with E-state index >= 15 is 0 Å². The SMILES string of the molecule is Cc1ccc2cc(CC(C#N)C(=O)Nc3ccc(F)cc3)c(=O)[nH]c2c1. The Kier molecular flexibility index (Phi) is 4.81. The number of carbonyl (C=O) groups excluding carboxylic acids is 1. The first-order valence-corrected chi connectivity index (χ1v) is 8.05. The summed E-state index contributed by atoms with van der Waals surface area (Å²) >= 11 is 0. The molecule has 3 aromatic rings. The number of H-pyrrole nitrogens is 1. The van der Waals surface area contributed by atoms with Gasteiger partial charge in [0.25, 0.3) is 5.56 Å². The molecule has 0 bridgehead atoms. The molecule has 2 aromatic carbocycles. The molecule has 5 nitrogen and oxygen atoms in total. The third kappa shape index (κ3) is 3.78. The van der Waals surface area contributed by atoms with Gasteiger partial charge < -0.3 is 10.3 Å². The number of benzene rings is 2. The van der Waals surface area contributed by atoms with Crippen molar-refractivity contribution in [2.24, 2.45) is 5.92 Å². The molecule has 0 aliphatic carbocycles. The van der Waals surface area contributed by atoms with Gasteiger partial charge in [0.1, 0.15) is 11.7 Å². The van der Waals surface area contributed by atoms with E-state index in [0.29, 0.717) is 16.8 Å². The van der Waals surface area contributed by atoms with Crippen molar-refractivity contribution >= 4 is 22.5 Å². The number of rotatable bonds is 4. The number of anilines is 1. The second-order valence-corrected chi connectivity index (χ2v) is 6.10. The van der Waals surface area contributed by atoms with Gasteiger partial charge in [0, 0.05) is 23.2 Å². The Bertz CT molecular complexity index is 1070.